The van der Waals surface area contributed by atoms with Gasteiger partial charge in [-0.05, 0) is 6.07 Å². The van der Waals surface area contributed by atoms with Crippen LogP contribution in [-0.2, 0) is 11.3 Å². The van der Waals surface area contributed by atoms with Gasteiger partial charge in [-0.2, -0.15) is 4.99 Å². The van der Waals surface area contributed by atoms with E-state index in [1.54, 1.807) is 0 Å². The van der Waals surface area contributed by atoms with Crippen LogP contribution in [0.3, 0.4) is 0 Å². The highest BCUT2D eigenvalue weighted by Crippen LogP contribution is 2.24. The van der Waals surface area contributed by atoms with Crippen LogP contribution in [0.1, 0.15) is 10.4 Å². The molecule has 13 heteroatoms. The fourth-order valence-corrected chi connectivity index (χ4v) is 3.78. The van der Waals surface area contributed by atoms with E-state index >= 15 is 0 Å². The molecule has 2 aromatic carbocycles. The van der Waals surface area contributed by atoms with Gasteiger partial charge < -0.3 is 9.30 Å². The van der Waals surface area contributed by atoms with Crippen molar-refractivity contribution in [2.45, 2.75) is 6.54 Å². The summed E-state index contributed by atoms with van der Waals surface area (Å²) in [5.74, 6) is -2.69. The summed E-state index contributed by atoms with van der Waals surface area (Å²) in [5, 5.41) is 22.0. The van der Waals surface area contributed by atoms with Crippen LogP contribution < -0.4 is 4.80 Å². The average molecular weight is 438 g/mol. The third kappa shape index (κ3) is 4.21. The molecule has 1 heterocycles. The SMILES string of the molecule is COCCn1c(=NC(=O)c2cc([N+](=O)[O-])cc([N+](=O)[O-])c2)sc2cc(F)cc(F)c21. The molecule has 0 atom stereocenters. The number of ether oxygens (including phenoxy) is 1. The van der Waals surface area contributed by atoms with Crippen molar-refractivity contribution < 1.29 is 28.2 Å². The number of halogens is 2. The van der Waals surface area contributed by atoms with Gasteiger partial charge in [0.2, 0.25) is 0 Å². The van der Waals surface area contributed by atoms with E-state index < -0.39 is 44.3 Å². The minimum absolute atomic E-state index is 0.00928. The van der Waals surface area contributed by atoms with Gasteiger partial charge in [-0.15, -0.1) is 0 Å². The Morgan fingerprint density at radius 2 is 1.77 bits per heavy atom. The highest BCUT2D eigenvalue weighted by Gasteiger charge is 2.20. The lowest BCUT2D eigenvalue weighted by Gasteiger charge is -2.05. The molecule has 10 nitrogen and oxygen atoms in total. The van der Waals surface area contributed by atoms with Crippen molar-refractivity contribution in [1.82, 2.24) is 4.57 Å². The number of thiazole rings is 1. The Kier molecular flexibility index (Phi) is 5.94. The zero-order chi connectivity index (χ0) is 22.0. The molecule has 0 unspecified atom stereocenters. The first-order chi connectivity index (χ1) is 14.2. The highest BCUT2D eigenvalue weighted by molar-refractivity contribution is 7.16. The lowest BCUT2D eigenvalue weighted by molar-refractivity contribution is -0.394. The predicted octanol–water partition coefficient (Wildman–Crippen LogP) is 3.18. The number of methoxy groups -OCH3 is 1. The maximum atomic E-state index is 14.3. The molecule has 0 N–H and O–H groups in total. The maximum Gasteiger partial charge on any atom is 0.280 e. The summed E-state index contributed by atoms with van der Waals surface area (Å²) in [7, 11) is 1.41. The highest BCUT2D eigenvalue weighted by atomic mass is 32.1. The molecule has 0 saturated heterocycles. The molecule has 0 aliphatic carbocycles. The zero-order valence-corrected chi connectivity index (χ0v) is 16.0. The molecule has 156 valence electrons. The molecule has 30 heavy (non-hydrogen) atoms. The summed E-state index contributed by atoms with van der Waals surface area (Å²) in [6, 6.07) is 4.19. The standard InChI is InChI=1S/C17H12F2N4O6S/c1-29-3-2-21-15-13(19)6-10(18)7-14(15)30-17(21)20-16(24)9-4-11(22(25)26)8-12(5-9)23(27)28/h4-8H,2-3H2,1H3. The van der Waals surface area contributed by atoms with E-state index in [0.717, 1.165) is 29.5 Å². The minimum atomic E-state index is -1.01. The molecular formula is C17H12F2N4O6S. The molecule has 3 rings (SSSR count). The number of aromatic nitrogens is 1. The van der Waals surface area contributed by atoms with Gasteiger partial charge in [0.25, 0.3) is 17.3 Å². The van der Waals surface area contributed by atoms with Crippen molar-refractivity contribution in [2.75, 3.05) is 13.7 Å². The van der Waals surface area contributed by atoms with E-state index in [0.29, 0.717) is 12.1 Å². The van der Waals surface area contributed by atoms with Crippen molar-refractivity contribution in [3.63, 3.8) is 0 Å². The van der Waals surface area contributed by atoms with Crippen LogP contribution in [0.4, 0.5) is 20.2 Å². The molecular weight excluding hydrogens is 426 g/mol. The summed E-state index contributed by atoms with van der Waals surface area (Å²) >= 11 is 0.819. The van der Waals surface area contributed by atoms with Crippen LogP contribution in [0.15, 0.2) is 35.3 Å². The topological polar surface area (TPSA) is 130 Å². The van der Waals surface area contributed by atoms with E-state index in [1.165, 1.54) is 11.7 Å². The summed E-state index contributed by atoms with van der Waals surface area (Å²) in [5.41, 5.74) is -1.69. The fourth-order valence-electron chi connectivity index (χ4n) is 2.69. The van der Waals surface area contributed by atoms with Gasteiger partial charge in [-0.1, -0.05) is 11.3 Å². The van der Waals surface area contributed by atoms with Crippen LogP contribution in [0, 0.1) is 31.9 Å². The molecule has 1 aromatic heterocycles. The first kappa shape index (κ1) is 21.1. The summed E-state index contributed by atoms with van der Waals surface area (Å²) in [6.07, 6.45) is 0. The number of hydrogen-bond acceptors (Lipinski definition) is 7. The van der Waals surface area contributed by atoms with Gasteiger partial charge in [0.05, 0.1) is 38.3 Å². The van der Waals surface area contributed by atoms with Gasteiger partial charge in [0, 0.05) is 31.9 Å². The van der Waals surface area contributed by atoms with Crippen LogP contribution in [0.25, 0.3) is 10.2 Å². The van der Waals surface area contributed by atoms with Crippen LogP contribution >= 0.6 is 11.3 Å². The average Bonchev–Trinajstić information content (AvgIpc) is 3.02. The number of fused-ring (bicyclic) bond motifs is 1. The second kappa shape index (κ2) is 8.42. The summed E-state index contributed by atoms with van der Waals surface area (Å²) < 4.78 is 34.3. The van der Waals surface area contributed by atoms with Gasteiger partial charge in [0.1, 0.15) is 5.82 Å². The van der Waals surface area contributed by atoms with Crippen molar-refractivity contribution in [1.29, 1.82) is 0 Å². The second-order valence-electron chi connectivity index (χ2n) is 5.93. The fraction of sp³-hybridized carbons (Fsp3) is 0.176. The minimum Gasteiger partial charge on any atom is -0.383 e. The van der Waals surface area contributed by atoms with Crippen molar-refractivity contribution in [3.8, 4) is 0 Å². The molecule has 0 fully saturated rings. The number of benzene rings is 2. The molecule has 0 aliphatic rings. The summed E-state index contributed by atoms with van der Waals surface area (Å²) in [6.45, 7) is 0.215. The Hall–Kier alpha value is -3.58. The second-order valence-corrected chi connectivity index (χ2v) is 6.94. The third-order valence-corrected chi connectivity index (χ3v) is 5.01. The smallest absolute Gasteiger partial charge is 0.280 e. The molecule has 0 aliphatic heterocycles. The quantitative estimate of drug-likeness (QED) is 0.429. The first-order valence-electron chi connectivity index (χ1n) is 8.21. The number of rotatable bonds is 6. The number of non-ortho nitro benzene ring substituents is 2. The van der Waals surface area contributed by atoms with E-state index in [4.69, 9.17) is 4.74 Å². The van der Waals surface area contributed by atoms with E-state index in [2.05, 4.69) is 4.99 Å². The van der Waals surface area contributed by atoms with E-state index in [-0.39, 0.29) is 28.2 Å². The predicted molar refractivity (Wildman–Crippen MR) is 101 cm³/mol. The molecule has 0 bridgehead atoms. The number of nitrogens with zero attached hydrogens (tertiary/aromatic N) is 4. The van der Waals surface area contributed by atoms with Crippen molar-refractivity contribution >= 4 is 38.8 Å². The van der Waals surface area contributed by atoms with Crippen LogP contribution in [-0.4, -0.2) is 34.0 Å². The number of hydrogen-bond donors (Lipinski definition) is 0. The Balaban J connectivity index is 2.19. The Bertz CT molecular complexity index is 1220. The van der Waals surface area contributed by atoms with Gasteiger partial charge in [-0.3, -0.25) is 25.0 Å². The number of carbonyl (C=O) groups excluding carboxylic acids is 1. The van der Waals surface area contributed by atoms with Gasteiger partial charge in [0.15, 0.2) is 10.6 Å². The molecule has 0 spiro atoms. The van der Waals surface area contributed by atoms with Gasteiger partial charge >= 0.3 is 0 Å². The number of nitro benzene ring substituents is 2. The molecule has 1 amide bonds. The number of nitro groups is 2. The first-order valence-corrected chi connectivity index (χ1v) is 9.03. The monoisotopic (exact) mass is 438 g/mol. The van der Waals surface area contributed by atoms with Gasteiger partial charge in [-0.25, -0.2) is 8.78 Å². The van der Waals surface area contributed by atoms with Crippen molar-refractivity contribution in [2.24, 2.45) is 4.99 Å². The molecule has 0 saturated carbocycles. The summed E-state index contributed by atoms with van der Waals surface area (Å²) in [4.78, 5) is 36.7. The molecule has 0 radical (unpaired) electrons. The zero-order valence-electron chi connectivity index (χ0n) is 15.2. The van der Waals surface area contributed by atoms with Crippen LogP contribution in [0.5, 0.6) is 0 Å². The number of carbonyl (C=O) groups is 1. The third-order valence-electron chi connectivity index (χ3n) is 3.98. The Morgan fingerprint density at radius 1 is 1.13 bits per heavy atom. The normalized spacial score (nSPS) is 11.8. The van der Waals surface area contributed by atoms with Crippen LogP contribution in [0.2, 0.25) is 0 Å². The molecule has 3 aromatic rings. The Labute approximate surface area is 170 Å². The maximum absolute atomic E-state index is 14.3. The Morgan fingerprint density at radius 3 is 2.33 bits per heavy atom. The largest absolute Gasteiger partial charge is 0.383 e. The lowest BCUT2D eigenvalue weighted by Crippen LogP contribution is -2.20. The number of amides is 1. The van der Waals surface area contributed by atoms with E-state index in [1.807, 2.05) is 0 Å². The van der Waals surface area contributed by atoms with Crippen molar-refractivity contribution in [3.05, 3.63) is 72.6 Å². The van der Waals surface area contributed by atoms with E-state index in [9.17, 15) is 33.8 Å². The lowest BCUT2D eigenvalue weighted by atomic mass is 10.1.